The van der Waals surface area contributed by atoms with Gasteiger partial charge >= 0.3 is 0 Å². The highest BCUT2D eigenvalue weighted by Gasteiger charge is 2.09. The molecule has 90 valence electrons. The summed E-state index contributed by atoms with van der Waals surface area (Å²) >= 11 is 11.7. The third-order valence-electron chi connectivity index (χ3n) is 2.41. The molecule has 0 radical (unpaired) electrons. The number of pyridine rings is 1. The Labute approximate surface area is 114 Å². The van der Waals surface area contributed by atoms with E-state index in [1.165, 1.54) is 6.20 Å². The van der Waals surface area contributed by atoms with E-state index < -0.39 is 5.95 Å². The zero-order valence-electron chi connectivity index (χ0n) is 9.12. The second-order valence-corrected chi connectivity index (χ2v) is 4.46. The minimum atomic E-state index is -0.602. The lowest BCUT2D eigenvalue weighted by molar-refractivity contribution is 0.586. The molecule has 0 amide bonds. The van der Waals surface area contributed by atoms with Gasteiger partial charge in [-0.05, 0) is 29.3 Å². The summed E-state index contributed by atoms with van der Waals surface area (Å²) in [6.45, 7) is 0. The van der Waals surface area contributed by atoms with E-state index in [1.54, 1.807) is 24.3 Å². The molecule has 0 unspecified atom stereocenters. The predicted octanol–water partition coefficient (Wildman–Crippen LogP) is 4.26. The molecule has 0 aliphatic carbocycles. The van der Waals surface area contributed by atoms with Gasteiger partial charge in [0.05, 0.1) is 22.5 Å². The number of nitrogens with zero attached hydrogens (tertiary/aromatic N) is 2. The first-order chi connectivity index (χ1) is 8.61. The maximum absolute atomic E-state index is 13.7. The summed E-state index contributed by atoms with van der Waals surface area (Å²) in [6, 6.07) is 8.40. The second-order valence-electron chi connectivity index (χ2n) is 3.65. The lowest BCUT2D eigenvalue weighted by atomic mass is 10.0. The van der Waals surface area contributed by atoms with E-state index in [0.29, 0.717) is 26.7 Å². The van der Waals surface area contributed by atoms with Crippen LogP contribution in [-0.4, -0.2) is 4.98 Å². The maximum atomic E-state index is 13.7. The number of aromatic nitrogens is 1. The average Bonchev–Trinajstić information content (AvgIpc) is 2.35. The van der Waals surface area contributed by atoms with Gasteiger partial charge in [-0.25, -0.2) is 4.98 Å². The first-order valence-corrected chi connectivity index (χ1v) is 5.84. The molecule has 0 fully saturated rings. The Kier molecular flexibility index (Phi) is 3.81. The van der Waals surface area contributed by atoms with Gasteiger partial charge in [0, 0.05) is 11.8 Å². The van der Waals surface area contributed by atoms with Gasteiger partial charge in [-0.2, -0.15) is 9.65 Å². The smallest absolute Gasteiger partial charge is 0.220 e. The molecule has 1 heterocycles. The molecule has 0 aliphatic heterocycles. The highest BCUT2D eigenvalue weighted by Crippen LogP contribution is 2.29. The molecule has 18 heavy (non-hydrogen) atoms. The van der Waals surface area contributed by atoms with E-state index in [-0.39, 0.29) is 6.42 Å². The van der Waals surface area contributed by atoms with Crippen molar-refractivity contribution in [2.45, 2.75) is 6.42 Å². The van der Waals surface area contributed by atoms with Gasteiger partial charge in [-0.1, -0.05) is 29.3 Å². The van der Waals surface area contributed by atoms with Crippen molar-refractivity contribution in [3.05, 3.63) is 52.0 Å². The Hall–Kier alpha value is -1.63. The molecule has 0 N–H and O–H groups in total. The number of hydrogen-bond donors (Lipinski definition) is 0. The second kappa shape index (κ2) is 5.34. The molecule has 5 heteroatoms. The van der Waals surface area contributed by atoms with Crippen LogP contribution in [0.3, 0.4) is 0 Å². The summed E-state index contributed by atoms with van der Waals surface area (Å²) in [6.07, 6.45) is 1.53. The number of hydrogen-bond acceptors (Lipinski definition) is 2. The third kappa shape index (κ3) is 2.61. The van der Waals surface area contributed by atoms with E-state index >= 15 is 0 Å². The highest BCUT2D eigenvalue weighted by atomic mass is 35.5. The van der Waals surface area contributed by atoms with Crippen molar-refractivity contribution < 1.29 is 4.39 Å². The lowest BCUT2D eigenvalue weighted by Crippen LogP contribution is -1.93. The van der Waals surface area contributed by atoms with Crippen LogP contribution in [-0.2, 0) is 6.42 Å². The molecule has 0 atom stereocenters. The number of rotatable bonds is 2. The summed E-state index contributed by atoms with van der Waals surface area (Å²) in [4.78, 5) is 3.63. The van der Waals surface area contributed by atoms with Crippen molar-refractivity contribution in [3.63, 3.8) is 0 Å². The molecule has 2 rings (SSSR count). The zero-order valence-corrected chi connectivity index (χ0v) is 10.6. The SMILES string of the molecule is N#CCc1cnc(F)c(-c2ccc(Cl)c(Cl)c2)c1. The molecule has 2 aromatic rings. The van der Waals surface area contributed by atoms with Crippen LogP contribution < -0.4 is 0 Å². The highest BCUT2D eigenvalue weighted by molar-refractivity contribution is 6.42. The van der Waals surface area contributed by atoms with Gasteiger partial charge in [0.1, 0.15) is 0 Å². The van der Waals surface area contributed by atoms with E-state index in [1.807, 2.05) is 6.07 Å². The quantitative estimate of drug-likeness (QED) is 0.771. The van der Waals surface area contributed by atoms with Crippen molar-refractivity contribution in [3.8, 4) is 17.2 Å². The molecule has 0 bridgehead atoms. The van der Waals surface area contributed by atoms with Crippen molar-refractivity contribution in [2.24, 2.45) is 0 Å². The maximum Gasteiger partial charge on any atom is 0.220 e. The molecule has 0 aliphatic rings. The monoisotopic (exact) mass is 280 g/mol. The molecule has 0 saturated carbocycles. The average molecular weight is 281 g/mol. The molecule has 0 spiro atoms. The van der Waals surface area contributed by atoms with Gasteiger partial charge in [0.25, 0.3) is 0 Å². The minimum absolute atomic E-state index is 0.182. The Morgan fingerprint density at radius 1 is 1.22 bits per heavy atom. The van der Waals surface area contributed by atoms with E-state index in [0.717, 1.165) is 0 Å². The first-order valence-electron chi connectivity index (χ1n) is 5.08. The van der Waals surface area contributed by atoms with Crippen LogP contribution in [0, 0.1) is 17.3 Å². The fraction of sp³-hybridized carbons (Fsp3) is 0.0769. The number of halogens is 3. The summed E-state index contributed by atoms with van der Waals surface area (Å²) < 4.78 is 13.7. The molecular weight excluding hydrogens is 274 g/mol. The Morgan fingerprint density at radius 2 is 2.00 bits per heavy atom. The fourth-order valence-corrected chi connectivity index (χ4v) is 1.84. The van der Waals surface area contributed by atoms with Crippen molar-refractivity contribution in [1.29, 1.82) is 5.26 Å². The van der Waals surface area contributed by atoms with Gasteiger partial charge in [0.15, 0.2) is 0 Å². The largest absolute Gasteiger partial charge is 0.227 e. The van der Waals surface area contributed by atoms with Crippen LogP contribution in [0.15, 0.2) is 30.5 Å². The molecule has 1 aromatic heterocycles. The zero-order chi connectivity index (χ0) is 13.1. The van der Waals surface area contributed by atoms with E-state index in [4.69, 9.17) is 28.5 Å². The van der Waals surface area contributed by atoms with Gasteiger partial charge < -0.3 is 0 Å². The lowest BCUT2D eigenvalue weighted by Gasteiger charge is -2.06. The number of benzene rings is 1. The van der Waals surface area contributed by atoms with Crippen molar-refractivity contribution in [2.75, 3.05) is 0 Å². The van der Waals surface area contributed by atoms with Crippen LogP contribution in [0.5, 0.6) is 0 Å². The Morgan fingerprint density at radius 3 is 2.67 bits per heavy atom. The van der Waals surface area contributed by atoms with E-state index in [2.05, 4.69) is 4.98 Å². The van der Waals surface area contributed by atoms with Gasteiger partial charge in [0.2, 0.25) is 5.95 Å². The van der Waals surface area contributed by atoms with Crippen LogP contribution in [0.1, 0.15) is 5.56 Å². The van der Waals surface area contributed by atoms with Crippen LogP contribution in [0.4, 0.5) is 4.39 Å². The summed E-state index contributed by atoms with van der Waals surface area (Å²) in [5.74, 6) is -0.602. The summed E-state index contributed by atoms with van der Waals surface area (Å²) in [5, 5.41) is 9.37. The standard InChI is InChI=1S/C13H7Cl2FN2/c14-11-2-1-9(6-12(11)15)10-5-8(3-4-17)7-18-13(10)16/h1-2,5-7H,3H2. The topological polar surface area (TPSA) is 36.7 Å². The van der Waals surface area contributed by atoms with Gasteiger partial charge in [-0.3, -0.25) is 0 Å². The number of nitriles is 1. The predicted molar refractivity (Wildman–Crippen MR) is 69.0 cm³/mol. The first kappa shape index (κ1) is 12.8. The molecule has 2 nitrogen and oxygen atoms in total. The summed E-state index contributed by atoms with van der Waals surface area (Å²) in [7, 11) is 0. The van der Waals surface area contributed by atoms with Crippen molar-refractivity contribution in [1.82, 2.24) is 4.98 Å². The van der Waals surface area contributed by atoms with Crippen LogP contribution in [0.25, 0.3) is 11.1 Å². The Balaban J connectivity index is 2.52. The molecule has 0 saturated heterocycles. The molecular formula is C13H7Cl2FN2. The fourth-order valence-electron chi connectivity index (χ4n) is 1.55. The van der Waals surface area contributed by atoms with Crippen LogP contribution in [0.2, 0.25) is 10.0 Å². The van der Waals surface area contributed by atoms with Gasteiger partial charge in [-0.15, -0.1) is 0 Å². The summed E-state index contributed by atoms with van der Waals surface area (Å²) in [5.41, 5.74) is 1.54. The third-order valence-corrected chi connectivity index (χ3v) is 3.15. The minimum Gasteiger partial charge on any atom is -0.227 e. The Bertz CT molecular complexity index is 635. The molecule has 1 aromatic carbocycles. The van der Waals surface area contributed by atoms with E-state index in [9.17, 15) is 4.39 Å². The van der Waals surface area contributed by atoms with Crippen molar-refractivity contribution >= 4 is 23.2 Å². The van der Waals surface area contributed by atoms with Crippen LogP contribution >= 0.6 is 23.2 Å². The normalized spacial score (nSPS) is 10.1.